The molecule has 176 valence electrons. The van der Waals surface area contributed by atoms with Crippen LogP contribution in [-0.4, -0.2) is 32.4 Å². The van der Waals surface area contributed by atoms with Gasteiger partial charge in [-0.25, -0.2) is 0 Å². The fourth-order valence-electron chi connectivity index (χ4n) is 3.31. The summed E-state index contributed by atoms with van der Waals surface area (Å²) in [6.45, 7) is 0. The average molecular weight is 562 g/mol. The first kappa shape index (κ1) is 29.8. The fourth-order valence-corrected chi connectivity index (χ4v) is 4.01. The Morgan fingerprint density at radius 2 is 1.26 bits per heavy atom. The maximum atomic E-state index is 8.91. The van der Waals surface area contributed by atoms with E-state index in [0.29, 0.717) is 6.10 Å². The van der Waals surface area contributed by atoms with Crippen LogP contribution in [0.4, 0.5) is 0 Å². The molecule has 2 aromatic heterocycles. The predicted octanol–water partition coefficient (Wildman–Crippen LogP) is 7.69. The summed E-state index contributed by atoms with van der Waals surface area (Å²) in [6, 6.07) is 3.55. The van der Waals surface area contributed by atoms with Gasteiger partial charge in [-0.15, -0.1) is 0 Å². The Morgan fingerprint density at radius 3 is 1.68 bits per heavy atom. The first-order valence-electron chi connectivity index (χ1n) is 10.3. The zero-order valence-electron chi connectivity index (χ0n) is 16.6. The van der Waals surface area contributed by atoms with Gasteiger partial charge in [0.05, 0.1) is 24.6 Å². The highest BCUT2D eigenvalue weighted by molar-refractivity contribution is 9.10. The van der Waals surface area contributed by atoms with E-state index in [4.69, 9.17) is 14.9 Å². The molecular weight excluding hydrogens is 524 g/mol. The van der Waals surface area contributed by atoms with Gasteiger partial charge in [0.15, 0.2) is 0 Å². The largest absolute Gasteiger partial charge is 0.506 e. The van der Waals surface area contributed by atoms with Gasteiger partial charge in [-0.3, -0.25) is 9.97 Å². The number of hydrogen-bond donors (Lipinski definition) is 2. The summed E-state index contributed by atoms with van der Waals surface area (Å²) in [5.41, 5.74) is 0. The number of nitrogens with zero attached hydrogens (tertiary/aromatic N) is 2. The van der Waals surface area contributed by atoms with Crippen LogP contribution in [-0.2, 0) is 0 Å². The molecule has 7 heteroatoms. The maximum Gasteiger partial charge on any atom is 0.139 e. The highest BCUT2D eigenvalue weighted by atomic mass is 79.9. The molecule has 5 nitrogen and oxygen atoms in total. The maximum absolute atomic E-state index is 8.91. The lowest BCUT2D eigenvalue weighted by Crippen LogP contribution is -2.19. The summed E-state index contributed by atoms with van der Waals surface area (Å²) in [5.74, 6) is 1.06. The Hall–Kier alpha value is -1.18. The summed E-state index contributed by atoms with van der Waals surface area (Å²) < 4.78 is 7.61. The van der Waals surface area contributed by atoms with Crippen molar-refractivity contribution in [1.29, 1.82) is 0 Å². The molecule has 2 fully saturated rings. The van der Waals surface area contributed by atoms with Crippen molar-refractivity contribution in [3.8, 4) is 11.5 Å². The monoisotopic (exact) mass is 560 g/mol. The van der Waals surface area contributed by atoms with E-state index in [1.165, 1.54) is 57.6 Å². The zero-order chi connectivity index (χ0) is 20.9. The minimum atomic E-state index is 0. The molecule has 0 amide bonds. The smallest absolute Gasteiger partial charge is 0.139 e. The van der Waals surface area contributed by atoms with Crippen LogP contribution in [0.2, 0.25) is 0 Å². The van der Waals surface area contributed by atoms with Crippen LogP contribution in [0.25, 0.3) is 0 Å². The number of aromatic nitrogens is 2. The van der Waals surface area contributed by atoms with E-state index in [-0.39, 0.29) is 26.7 Å². The number of aliphatic hydroxyl groups excluding tert-OH is 1. The van der Waals surface area contributed by atoms with Gasteiger partial charge >= 0.3 is 0 Å². The Morgan fingerprint density at radius 1 is 0.742 bits per heavy atom. The van der Waals surface area contributed by atoms with Crippen molar-refractivity contribution in [3.05, 3.63) is 45.9 Å². The van der Waals surface area contributed by atoms with Gasteiger partial charge in [-0.05, 0) is 82.5 Å². The number of halogens is 2. The van der Waals surface area contributed by atoms with Crippen LogP contribution in [0.3, 0.4) is 0 Å². The highest BCUT2D eigenvalue weighted by Crippen LogP contribution is 2.24. The van der Waals surface area contributed by atoms with Crippen molar-refractivity contribution in [2.45, 2.75) is 91.3 Å². The highest BCUT2D eigenvalue weighted by Gasteiger charge is 2.14. The second-order valence-electron chi connectivity index (χ2n) is 7.37. The SMILES string of the molecule is Brc1cncc(OC2CCCCC2)c1.C.C.OC1CCCCC1.Oc1cncc(Br)c1. The van der Waals surface area contributed by atoms with E-state index in [0.717, 1.165) is 27.5 Å². The van der Waals surface area contributed by atoms with Crippen LogP contribution in [0.5, 0.6) is 11.5 Å². The first-order chi connectivity index (χ1) is 14.0. The molecule has 2 aromatic rings. The molecule has 2 aliphatic rings. The van der Waals surface area contributed by atoms with Crippen molar-refractivity contribution in [2.75, 3.05) is 0 Å². The molecule has 2 saturated carbocycles. The van der Waals surface area contributed by atoms with Crippen LogP contribution >= 0.6 is 31.9 Å². The Balaban J connectivity index is 0.000000457. The molecule has 0 saturated heterocycles. The molecule has 0 aliphatic heterocycles. The van der Waals surface area contributed by atoms with Gasteiger partial charge in [0.2, 0.25) is 0 Å². The van der Waals surface area contributed by atoms with E-state index in [2.05, 4.69) is 41.8 Å². The van der Waals surface area contributed by atoms with Crippen molar-refractivity contribution in [1.82, 2.24) is 9.97 Å². The molecule has 2 aliphatic carbocycles. The van der Waals surface area contributed by atoms with Crippen LogP contribution in [0.15, 0.2) is 45.9 Å². The lowest BCUT2D eigenvalue weighted by molar-refractivity contribution is 0.130. The van der Waals surface area contributed by atoms with Gasteiger partial charge in [-0.1, -0.05) is 40.5 Å². The van der Waals surface area contributed by atoms with E-state index >= 15 is 0 Å². The van der Waals surface area contributed by atoms with Gasteiger partial charge < -0.3 is 14.9 Å². The third-order valence-corrected chi connectivity index (χ3v) is 5.67. The number of aromatic hydroxyl groups is 1. The topological polar surface area (TPSA) is 75.5 Å². The molecular formula is C24H38Br2N2O3. The van der Waals surface area contributed by atoms with Gasteiger partial charge in [0.25, 0.3) is 0 Å². The minimum Gasteiger partial charge on any atom is -0.506 e. The minimum absolute atomic E-state index is 0. The fraction of sp³-hybridized carbons (Fsp3) is 0.583. The lowest BCUT2D eigenvalue weighted by atomic mass is 9.98. The van der Waals surface area contributed by atoms with Crippen molar-refractivity contribution in [2.24, 2.45) is 0 Å². The number of hydrogen-bond acceptors (Lipinski definition) is 5. The second kappa shape index (κ2) is 17.4. The Bertz CT molecular complexity index is 689. The third-order valence-electron chi connectivity index (χ3n) is 4.80. The number of ether oxygens (including phenoxy) is 1. The molecule has 0 atom stereocenters. The molecule has 0 bridgehead atoms. The quantitative estimate of drug-likeness (QED) is 0.393. The first-order valence-corrected chi connectivity index (χ1v) is 11.9. The lowest BCUT2D eigenvalue weighted by Gasteiger charge is -2.22. The van der Waals surface area contributed by atoms with Crippen LogP contribution < -0.4 is 4.74 Å². The average Bonchev–Trinajstić information content (AvgIpc) is 2.70. The normalized spacial score (nSPS) is 16.2. The van der Waals surface area contributed by atoms with Crippen LogP contribution in [0.1, 0.15) is 79.1 Å². The standard InChI is InChI=1S/C11H14BrNO.C6H12O.C5H4BrNO.2CH4/c12-9-6-11(8-13-7-9)14-10-4-2-1-3-5-10;7-6-4-2-1-3-5-6;6-4-1-5(8)3-7-2-4;;/h6-8,10H,1-5H2;6-7H,1-5H2;1-3,8H;2*1H4. The predicted molar refractivity (Wildman–Crippen MR) is 136 cm³/mol. The summed E-state index contributed by atoms with van der Waals surface area (Å²) in [5, 5.41) is 17.6. The summed E-state index contributed by atoms with van der Waals surface area (Å²) in [6.07, 6.45) is 19.2. The van der Waals surface area contributed by atoms with Gasteiger partial charge in [0.1, 0.15) is 11.5 Å². The number of pyridine rings is 2. The molecule has 0 aromatic carbocycles. The van der Waals surface area contributed by atoms with E-state index in [1.54, 1.807) is 24.7 Å². The Kier molecular flexibility index (Phi) is 16.7. The second-order valence-corrected chi connectivity index (χ2v) is 9.20. The van der Waals surface area contributed by atoms with Crippen molar-refractivity contribution in [3.63, 3.8) is 0 Å². The third kappa shape index (κ3) is 13.8. The van der Waals surface area contributed by atoms with E-state index < -0.39 is 0 Å². The molecule has 2 N–H and O–H groups in total. The van der Waals surface area contributed by atoms with Crippen molar-refractivity contribution < 1.29 is 14.9 Å². The zero-order valence-corrected chi connectivity index (χ0v) is 19.8. The van der Waals surface area contributed by atoms with E-state index in [9.17, 15) is 0 Å². The molecule has 4 rings (SSSR count). The molecule has 31 heavy (non-hydrogen) atoms. The summed E-state index contributed by atoms with van der Waals surface area (Å²) in [4.78, 5) is 7.76. The molecule has 0 unspecified atom stereocenters. The molecule has 0 radical (unpaired) electrons. The van der Waals surface area contributed by atoms with Gasteiger partial charge in [0, 0.05) is 21.3 Å². The summed E-state index contributed by atoms with van der Waals surface area (Å²) >= 11 is 6.52. The van der Waals surface area contributed by atoms with Crippen molar-refractivity contribution >= 4 is 31.9 Å². The molecule has 2 heterocycles. The van der Waals surface area contributed by atoms with Gasteiger partial charge in [-0.2, -0.15) is 0 Å². The summed E-state index contributed by atoms with van der Waals surface area (Å²) in [7, 11) is 0. The Labute approximate surface area is 204 Å². The number of aliphatic hydroxyl groups is 1. The van der Waals surface area contributed by atoms with E-state index in [1.807, 2.05) is 6.07 Å². The molecule has 0 spiro atoms. The van der Waals surface area contributed by atoms with Crippen LogP contribution in [0, 0.1) is 0 Å². The number of rotatable bonds is 2.